The first-order valence-electron chi connectivity index (χ1n) is 9.07. The van der Waals surface area contributed by atoms with Crippen molar-refractivity contribution < 1.29 is 28.3 Å². The van der Waals surface area contributed by atoms with Gasteiger partial charge >= 0.3 is 11.9 Å². The quantitative estimate of drug-likeness (QED) is 0.583. The second-order valence-electron chi connectivity index (χ2n) is 6.29. The van der Waals surface area contributed by atoms with Crippen molar-refractivity contribution in [2.24, 2.45) is 0 Å². The molecule has 10 nitrogen and oxygen atoms in total. The van der Waals surface area contributed by atoms with Crippen LogP contribution in [0.2, 0.25) is 0 Å². The summed E-state index contributed by atoms with van der Waals surface area (Å²) in [6.45, 7) is 4.63. The number of amides is 1. The van der Waals surface area contributed by atoms with Gasteiger partial charge in [0, 0.05) is 12.6 Å². The molecule has 3 aromatic rings. The SMILES string of the molecule is CCOC(=O)c1c(C)oc2nc(COC(=O)c3ccc(NC(C)=O)cc3)nc(N)c12. The number of anilines is 2. The van der Waals surface area contributed by atoms with Gasteiger partial charge in [-0.15, -0.1) is 0 Å². The number of esters is 2. The van der Waals surface area contributed by atoms with Crippen molar-refractivity contribution in [3.63, 3.8) is 0 Å². The predicted molar refractivity (Wildman–Crippen MR) is 107 cm³/mol. The molecule has 30 heavy (non-hydrogen) atoms. The Bertz CT molecular complexity index is 1120. The minimum Gasteiger partial charge on any atom is -0.462 e. The maximum Gasteiger partial charge on any atom is 0.342 e. The predicted octanol–water partition coefficient (Wildman–Crippen LogP) is 2.61. The van der Waals surface area contributed by atoms with Gasteiger partial charge < -0.3 is 24.9 Å². The zero-order valence-electron chi connectivity index (χ0n) is 16.6. The van der Waals surface area contributed by atoms with E-state index >= 15 is 0 Å². The number of benzene rings is 1. The summed E-state index contributed by atoms with van der Waals surface area (Å²) >= 11 is 0. The van der Waals surface area contributed by atoms with Crippen molar-refractivity contribution in [3.8, 4) is 0 Å². The summed E-state index contributed by atoms with van der Waals surface area (Å²) < 4.78 is 15.8. The van der Waals surface area contributed by atoms with E-state index in [1.54, 1.807) is 26.0 Å². The van der Waals surface area contributed by atoms with E-state index in [0.717, 1.165) is 0 Å². The van der Waals surface area contributed by atoms with Gasteiger partial charge in [-0.25, -0.2) is 14.6 Å². The van der Waals surface area contributed by atoms with Gasteiger partial charge in [0.1, 0.15) is 17.1 Å². The zero-order chi connectivity index (χ0) is 21.8. The average Bonchev–Trinajstić information content (AvgIpc) is 3.03. The third kappa shape index (κ3) is 4.37. The molecule has 0 saturated heterocycles. The topological polar surface area (TPSA) is 147 Å². The lowest BCUT2D eigenvalue weighted by Crippen LogP contribution is -2.10. The maximum absolute atomic E-state index is 12.2. The van der Waals surface area contributed by atoms with Crippen LogP contribution in [0.5, 0.6) is 0 Å². The molecule has 2 heterocycles. The van der Waals surface area contributed by atoms with Crippen LogP contribution in [0, 0.1) is 6.92 Å². The molecule has 1 aromatic carbocycles. The molecule has 0 aliphatic heterocycles. The van der Waals surface area contributed by atoms with Crippen molar-refractivity contribution in [2.45, 2.75) is 27.4 Å². The Hall–Kier alpha value is -3.95. The van der Waals surface area contributed by atoms with Crippen molar-refractivity contribution >= 4 is 40.5 Å². The van der Waals surface area contributed by atoms with Gasteiger partial charge in [-0.05, 0) is 38.1 Å². The van der Waals surface area contributed by atoms with Gasteiger partial charge in [0.2, 0.25) is 11.6 Å². The molecule has 1 amide bonds. The number of carbonyl (C=O) groups excluding carboxylic acids is 3. The maximum atomic E-state index is 12.2. The molecule has 3 rings (SSSR count). The first kappa shape index (κ1) is 20.8. The van der Waals surface area contributed by atoms with Gasteiger partial charge in [0.05, 0.1) is 17.6 Å². The van der Waals surface area contributed by atoms with Gasteiger partial charge in [-0.3, -0.25) is 4.79 Å². The van der Waals surface area contributed by atoms with E-state index in [0.29, 0.717) is 11.4 Å². The fourth-order valence-electron chi connectivity index (χ4n) is 2.80. The molecule has 3 N–H and O–H groups in total. The van der Waals surface area contributed by atoms with Crippen LogP contribution in [0.3, 0.4) is 0 Å². The third-order valence-corrected chi connectivity index (χ3v) is 4.05. The number of aromatic nitrogens is 2. The van der Waals surface area contributed by atoms with Gasteiger partial charge in [-0.1, -0.05) is 0 Å². The van der Waals surface area contributed by atoms with Crippen LogP contribution in [0.1, 0.15) is 46.1 Å². The lowest BCUT2D eigenvalue weighted by atomic mass is 10.2. The Morgan fingerprint density at radius 3 is 2.43 bits per heavy atom. The Morgan fingerprint density at radius 2 is 1.80 bits per heavy atom. The smallest absolute Gasteiger partial charge is 0.342 e. The number of hydrogen-bond acceptors (Lipinski definition) is 9. The molecule has 2 aromatic heterocycles. The fraction of sp³-hybridized carbons (Fsp3) is 0.250. The lowest BCUT2D eigenvalue weighted by Gasteiger charge is -2.06. The highest BCUT2D eigenvalue weighted by Gasteiger charge is 2.24. The van der Waals surface area contributed by atoms with Crippen LogP contribution >= 0.6 is 0 Å². The molecule has 0 spiro atoms. The second kappa shape index (κ2) is 8.60. The molecule has 156 valence electrons. The highest BCUT2D eigenvalue weighted by molar-refractivity contribution is 6.07. The Labute approximate surface area is 171 Å². The van der Waals surface area contributed by atoms with E-state index in [-0.39, 0.29) is 53.0 Å². The summed E-state index contributed by atoms with van der Waals surface area (Å²) in [7, 11) is 0. The van der Waals surface area contributed by atoms with Crippen molar-refractivity contribution in [1.29, 1.82) is 0 Å². The summed E-state index contributed by atoms with van der Waals surface area (Å²) in [6, 6.07) is 6.21. The molecule has 0 bridgehead atoms. The summed E-state index contributed by atoms with van der Waals surface area (Å²) in [5, 5.41) is 2.86. The van der Waals surface area contributed by atoms with Crippen LogP contribution in [0.4, 0.5) is 11.5 Å². The van der Waals surface area contributed by atoms with E-state index < -0.39 is 11.9 Å². The van der Waals surface area contributed by atoms with Gasteiger partial charge in [0.15, 0.2) is 12.4 Å². The number of hydrogen-bond donors (Lipinski definition) is 2. The number of rotatable bonds is 6. The second-order valence-corrected chi connectivity index (χ2v) is 6.29. The first-order valence-corrected chi connectivity index (χ1v) is 9.07. The largest absolute Gasteiger partial charge is 0.462 e. The lowest BCUT2D eigenvalue weighted by molar-refractivity contribution is -0.114. The number of ether oxygens (including phenoxy) is 2. The van der Waals surface area contributed by atoms with Crippen LogP contribution in [0.25, 0.3) is 11.1 Å². The van der Waals surface area contributed by atoms with Crippen LogP contribution < -0.4 is 11.1 Å². The van der Waals surface area contributed by atoms with Crippen molar-refractivity contribution in [1.82, 2.24) is 9.97 Å². The number of nitrogens with two attached hydrogens (primary N) is 1. The summed E-state index contributed by atoms with van der Waals surface area (Å²) in [4.78, 5) is 43.7. The number of nitrogens with one attached hydrogen (secondary N) is 1. The monoisotopic (exact) mass is 412 g/mol. The Kier molecular flexibility index (Phi) is 5.95. The highest BCUT2D eigenvalue weighted by Crippen LogP contribution is 2.29. The Morgan fingerprint density at radius 1 is 1.10 bits per heavy atom. The van der Waals surface area contributed by atoms with E-state index in [1.165, 1.54) is 19.1 Å². The van der Waals surface area contributed by atoms with Gasteiger partial charge in [0.25, 0.3) is 0 Å². The van der Waals surface area contributed by atoms with E-state index in [9.17, 15) is 14.4 Å². The molecule has 10 heteroatoms. The van der Waals surface area contributed by atoms with Crippen LogP contribution in [-0.4, -0.2) is 34.4 Å². The normalized spacial score (nSPS) is 10.6. The van der Waals surface area contributed by atoms with E-state index in [2.05, 4.69) is 15.3 Å². The number of nitrogens with zero attached hydrogens (tertiary/aromatic N) is 2. The highest BCUT2D eigenvalue weighted by atomic mass is 16.5. The summed E-state index contributed by atoms with van der Waals surface area (Å²) in [6.07, 6.45) is 0. The molecule has 0 radical (unpaired) electrons. The molecule has 0 fully saturated rings. The number of aryl methyl sites for hydroxylation is 1. The molecule has 0 saturated carbocycles. The minimum atomic E-state index is -0.602. The van der Waals surface area contributed by atoms with Crippen molar-refractivity contribution in [2.75, 3.05) is 17.7 Å². The summed E-state index contributed by atoms with van der Waals surface area (Å²) in [5.41, 5.74) is 7.11. The standard InChI is InChI=1S/C20H20N4O6/c1-4-28-20(27)15-10(2)30-18-16(15)17(21)23-14(24-18)9-29-19(26)12-5-7-13(8-6-12)22-11(3)25/h5-8H,4,9H2,1-3H3,(H,22,25)(H2,21,23,24). The fourth-order valence-corrected chi connectivity index (χ4v) is 2.80. The third-order valence-electron chi connectivity index (χ3n) is 4.05. The molecule has 0 aliphatic carbocycles. The zero-order valence-corrected chi connectivity index (χ0v) is 16.6. The van der Waals surface area contributed by atoms with Gasteiger partial charge in [-0.2, -0.15) is 4.98 Å². The number of furan rings is 1. The molecule has 0 atom stereocenters. The average molecular weight is 412 g/mol. The number of fused-ring (bicyclic) bond motifs is 1. The number of nitrogen functional groups attached to an aromatic ring is 1. The first-order chi connectivity index (χ1) is 14.3. The number of carbonyl (C=O) groups is 3. The summed E-state index contributed by atoms with van der Waals surface area (Å²) in [5.74, 6) is -0.953. The van der Waals surface area contributed by atoms with Crippen LogP contribution in [-0.2, 0) is 20.9 Å². The van der Waals surface area contributed by atoms with Crippen LogP contribution in [0.15, 0.2) is 28.7 Å². The Balaban J connectivity index is 1.75. The molecular formula is C20H20N4O6. The molecular weight excluding hydrogens is 392 g/mol. The van der Waals surface area contributed by atoms with Crippen molar-refractivity contribution in [3.05, 3.63) is 47.0 Å². The minimum absolute atomic E-state index is 0.0191. The van der Waals surface area contributed by atoms with E-state index in [1.807, 2.05) is 0 Å². The van der Waals surface area contributed by atoms with E-state index in [4.69, 9.17) is 19.6 Å². The molecule has 0 unspecified atom stereocenters. The molecule has 0 aliphatic rings.